The molecule has 2 saturated heterocycles. The van der Waals surface area contributed by atoms with Crippen molar-refractivity contribution >= 4 is 12.0 Å². The molecule has 2 fully saturated rings. The lowest BCUT2D eigenvalue weighted by molar-refractivity contribution is -0.143. The summed E-state index contributed by atoms with van der Waals surface area (Å²) in [5.74, 6) is -0.631. The number of rotatable bonds is 1. The third-order valence-electron chi connectivity index (χ3n) is 4.40. The zero-order valence-electron chi connectivity index (χ0n) is 11.8. The van der Waals surface area contributed by atoms with Crippen molar-refractivity contribution in [2.75, 3.05) is 19.6 Å². The van der Waals surface area contributed by atoms with Gasteiger partial charge in [0, 0.05) is 25.7 Å². The summed E-state index contributed by atoms with van der Waals surface area (Å²) in [6.07, 6.45) is 3.69. The highest BCUT2D eigenvalue weighted by atomic mass is 16.4. The number of urea groups is 1. The normalized spacial score (nSPS) is 32.2. The molecule has 3 atom stereocenters. The van der Waals surface area contributed by atoms with E-state index in [4.69, 9.17) is 5.11 Å². The molecular formula is C14H24N2O3. The van der Waals surface area contributed by atoms with Crippen LogP contribution in [0.15, 0.2) is 0 Å². The molecule has 108 valence electrons. The summed E-state index contributed by atoms with van der Waals surface area (Å²) in [6, 6.07) is 0.305. The van der Waals surface area contributed by atoms with Crippen LogP contribution in [0.2, 0.25) is 0 Å². The van der Waals surface area contributed by atoms with Crippen molar-refractivity contribution in [2.45, 2.75) is 45.6 Å². The third-order valence-corrected chi connectivity index (χ3v) is 4.40. The molecule has 2 amide bonds. The van der Waals surface area contributed by atoms with Gasteiger partial charge in [0.1, 0.15) is 0 Å². The lowest BCUT2D eigenvalue weighted by Crippen LogP contribution is -2.53. The van der Waals surface area contributed by atoms with Gasteiger partial charge in [-0.3, -0.25) is 4.79 Å². The quantitative estimate of drug-likeness (QED) is 0.791. The minimum Gasteiger partial charge on any atom is -0.481 e. The van der Waals surface area contributed by atoms with Gasteiger partial charge in [0.25, 0.3) is 0 Å². The van der Waals surface area contributed by atoms with Crippen molar-refractivity contribution in [3.8, 4) is 0 Å². The number of amides is 2. The molecule has 2 rings (SSSR count). The Morgan fingerprint density at radius 2 is 1.84 bits per heavy atom. The summed E-state index contributed by atoms with van der Waals surface area (Å²) >= 11 is 0. The molecule has 5 heteroatoms. The highest BCUT2D eigenvalue weighted by Gasteiger charge is 2.34. The number of carboxylic acid groups (broad SMARTS) is 1. The molecule has 0 spiro atoms. The van der Waals surface area contributed by atoms with Gasteiger partial charge in [-0.1, -0.05) is 6.92 Å². The van der Waals surface area contributed by atoms with E-state index >= 15 is 0 Å². The molecule has 2 heterocycles. The van der Waals surface area contributed by atoms with E-state index in [0.29, 0.717) is 25.4 Å². The molecule has 0 radical (unpaired) electrons. The van der Waals surface area contributed by atoms with Crippen LogP contribution in [0.4, 0.5) is 4.79 Å². The number of nitrogens with zero attached hydrogens (tertiary/aromatic N) is 2. The fourth-order valence-electron chi connectivity index (χ4n) is 3.09. The Labute approximate surface area is 114 Å². The highest BCUT2D eigenvalue weighted by molar-refractivity contribution is 5.77. The average molecular weight is 268 g/mol. The maximum Gasteiger partial charge on any atom is 0.320 e. The summed E-state index contributed by atoms with van der Waals surface area (Å²) in [5, 5.41) is 9.09. The van der Waals surface area contributed by atoms with Crippen molar-refractivity contribution < 1.29 is 14.7 Å². The average Bonchev–Trinajstić information content (AvgIpc) is 2.41. The molecule has 1 N–H and O–H groups in total. The molecule has 2 unspecified atom stereocenters. The number of likely N-dealkylation sites (tertiary alicyclic amines) is 2. The van der Waals surface area contributed by atoms with Crippen LogP contribution in [-0.4, -0.2) is 52.6 Å². The SMILES string of the molecule is CC1CCC(C)N(C(=O)N2CCC[C@@H](C(=O)O)C2)C1. The molecule has 2 aliphatic rings. The number of hydrogen-bond acceptors (Lipinski definition) is 2. The fourth-order valence-corrected chi connectivity index (χ4v) is 3.09. The summed E-state index contributed by atoms with van der Waals surface area (Å²) in [6.45, 7) is 6.12. The van der Waals surface area contributed by atoms with E-state index in [1.807, 2.05) is 4.90 Å². The van der Waals surface area contributed by atoms with Gasteiger partial charge < -0.3 is 14.9 Å². The standard InChI is InChI=1S/C14H24N2O3/c1-10-5-6-11(2)16(8-10)14(19)15-7-3-4-12(9-15)13(17)18/h10-12H,3-9H2,1-2H3,(H,17,18)/t10?,11?,12-/m1/s1. The lowest BCUT2D eigenvalue weighted by Gasteiger charge is -2.41. The van der Waals surface area contributed by atoms with E-state index in [2.05, 4.69) is 13.8 Å². The second-order valence-electron chi connectivity index (χ2n) is 6.09. The summed E-state index contributed by atoms with van der Waals surface area (Å²) in [7, 11) is 0. The molecule has 0 aromatic heterocycles. The zero-order valence-corrected chi connectivity index (χ0v) is 11.8. The van der Waals surface area contributed by atoms with Gasteiger partial charge in [-0.15, -0.1) is 0 Å². The third kappa shape index (κ3) is 3.19. The van der Waals surface area contributed by atoms with E-state index in [0.717, 1.165) is 19.4 Å². The van der Waals surface area contributed by atoms with Gasteiger partial charge >= 0.3 is 12.0 Å². The van der Waals surface area contributed by atoms with Crippen LogP contribution >= 0.6 is 0 Å². The number of aliphatic carboxylic acids is 1. The Morgan fingerprint density at radius 3 is 2.53 bits per heavy atom. The van der Waals surface area contributed by atoms with Crippen LogP contribution in [0.3, 0.4) is 0 Å². The number of carboxylic acids is 1. The van der Waals surface area contributed by atoms with Crippen LogP contribution in [0.25, 0.3) is 0 Å². The molecule has 0 saturated carbocycles. The topological polar surface area (TPSA) is 60.9 Å². The van der Waals surface area contributed by atoms with Gasteiger partial charge in [-0.05, 0) is 38.5 Å². The van der Waals surface area contributed by atoms with Crippen LogP contribution < -0.4 is 0 Å². The molecule has 2 aliphatic heterocycles. The van der Waals surface area contributed by atoms with Gasteiger partial charge in [-0.25, -0.2) is 4.79 Å². The Balaban J connectivity index is 2.00. The van der Waals surface area contributed by atoms with Gasteiger partial charge in [-0.2, -0.15) is 0 Å². The summed E-state index contributed by atoms with van der Waals surface area (Å²) in [5.41, 5.74) is 0. The summed E-state index contributed by atoms with van der Waals surface area (Å²) < 4.78 is 0. The first-order valence-electron chi connectivity index (χ1n) is 7.27. The second-order valence-corrected chi connectivity index (χ2v) is 6.09. The first-order chi connectivity index (χ1) is 8.99. The second kappa shape index (κ2) is 5.80. The monoisotopic (exact) mass is 268 g/mol. The van der Waals surface area contributed by atoms with Crippen molar-refractivity contribution in [3.05, 3.63) is 0 Å². The first-order valence-corrected chi connectivity index (χ1v) is 7.27. The maximum absolute atomic E-state index is 12.5. The largest absolute Gasteiger partial charge is 0.481 e. The Morgan fingerprint density at radius 1 is 1.11 bits per heavy atom. The predicted molar refractivity (Wildman–Crippen MR) is 71.9 cm³/mol. The van der Waals surface area contributed by atoms with Crippen molar-refractivity contribution in [2.24, 2.45) is 11.8 Å². The van der Waals surface area contributed by atoms with Crippen molar-refractivity contribution in [3.63, 3.8) is 0 Å². The van der Waals surface area contributed by atoms with E-state index in [9.17, 15) is 9.59 Å². The Kier molecular flexibility index (Phi) is 4.32. The molecule has 5 nitrogen and oxygen atoms in total. The van der Waals surface area contributed by atoms with E-state index in [-0.39, 0.29) is 12.1 Å². The smallest absolute Gasteiger partial charge is 0.320 e. The number of hydrogen-bond donors (Lipinski definition) is 1. The van der Waals surface area contributed by atoms with Crippen LogP contribution in [0.5, 0.6) is 0 Å². The molecule has 0 aliphatic carbocycles. The van der Waals surface area contributed by atoms with Gasteiger partial charge in [0.2, 0.25) is 0 Å². The van der Waals surface area contributed by atoms with Crippen molar-refractivity contribution in [1.82, 2.24) is 9.80 Å². The zero-order chi connectivity index (χ0) is 14.0. The minimum absolute atomic E-state index is 0.0324. The predicted octanol–water partition coefficient (Wildman–Crippen LogP) is 2.02. The minimum atomic E-state index is -0.780. The molecule has 0 bridgehead atoms. The van der Waals surface area contributed by atoms with Crippen molar-refractivity contribution in [1.29, 1.82) is 0 Å². The highest BCUT2D eigenvalue weighted by Crippen LogP contribution is 2.24. The Bertz CT molecular complexity index is 359. The van der Waals surface area contributed by atoms with Crippen LogP contribution in [0, 0.1) is 11.8 Å². The fraction of sp³-hybridized carbons (Fsp3) is 0.857. The first kappa shape index (κ1) is 14.2. The number of piperidine rings is 2. The molecule has 0 aromatic carbocycles. The van der Waals surface area contributed by atoms with E-state index in [1.165, 1.54) is 6.42 Å². The summed E-state index contributed by atoms with van der Waals surface area (Å²) in [4.78, 5) is 27.3. The van der Waals surface area contributed by atoms with E-state index < -0.39 is 11.9 Å². The molecule has 0 aromatic rings. The Hall–Kier alpha value is -1.26. The van der Waals surface area contributed by atoms with E-state index in [1.54, 1.807) is 4.90 Å². The molecular weight excluding hydrogens is 244 g/mol. The van der Waals surface area contributed by atoms with Gasteiger partial charge in [0.05, 0.1) is 5.92 Å². The maximum atomic E-state index is 12.5. The lowest BCUT2D eigenvalue weighted by atomic mass is 9.95. The number of carbonyl (C=O) groups is 2. The van der Waals surface area contributed by atoms with Crippen LogP contribution in [0.1, 0.15) is 39.5 Å². The molecule has 19 heavy (non-hydrogen) atoms. The number of carbonyl (C=O) groups excluding carboxylic acids is 1. The van der Waals surface area contributed by atoms with Crippen LogP contribution in [-0.2, 0) is 4.79 Å². The van der Waals surface area contributed by atoms with Gasteiger partial charge in [0.15, 0.2) is 0 Å².